The van der Waals surface area contributed by atoms with Crippen LogP contribution in [-0.2, 0) is 20.7 Å². The van der Waals surface area contributed by atoms with Crippen LogP contribution in [0.2, 0.25) is 0 Å². The van der Waals surface area contributed by atoms with Gasteiger partial charge in [-0.25, -0.2) is 0 Å². The van der Waals surface area contributed by atoms with Crippen LogP contribution in [-0.4, -0.2) is 25.0 Å². The minimum atomic E-state index is -0.161. The summed E-state index contributed by atoms with van der Waals surface area (Å²) in [6, 6.07) is 4.03. The van der Waals surface area contributed by atoms with Gasteiger partial charge >= 0.3 is 5.97 Å². The first-order valence-electron chi connectivity index (χ1n) is 7.58. The summed E-state index contributed by atoms with van der Waals surface area (Å²) < 4.78 is 4.93. The number of thiophene rings is 1. The summed E-state index contributed by atoms with van der Waals surface area (Å²) in [5, 5.41) is 5.13. The van der Waals surface area contributed by atoms with Gasteiger partial charge in [0.1, 0.15) is 0 Å². The van der Waals surface area contributed by atoms with E-state index in [1.165, 1.54) is 12.0 Å². The maximum atomic E-state index is 12.2. The van der Waals surface area contributed by atoms with Crippen molar-refractivity contribution in [3.05, 3.63) is 22.4 Å². The van der Waals surface area contributed by atoms with Crippen LogP contribution < -0.4 is 5.32 Å². The molecular weight excluding hydrogens is 286 g/mol. The molecule has 2 aliphatic carbocycles. The zero-order valence-electron chi connectivity index (χ0n) is 12.2. The van der Waals surface area contributed by atoms with Crippen molar-refractivity contribution in [2.24, 2.45) is 17.8 Å². The number of ether oxygens (including phenoxy) is 1. The molecule has 0 unspecified atom stereocenters. The van der Waals surface area contributed by atoms with Crippen LogP contribution in [0.4, 0.5) is 0 Å². The van der Waals surface area contributed by atoms with Crippen molar-refractivity contribution in [3.8, 4) is 0 Å². The number of rotatable bonds is 5. The first-order valence-corrected chi connectivity index (χ1v) is 8.46. The zero-order chi connectivity index (χ0) is 14.8. The van der Waals surface area contributed by atoms with E-state index in [1.807, 2.05) is 17.5 Å². The number of carbonyl (C=O) groups is 2. The first kappa shape index (κ1) is 14.6. The van der Waals surface area contributed by atoms with E-state index in [9.17, 15) is 9.59 Å². The maximum absolute atomic E-state index is 12.2. The van der Waals surface area contributed by atoms with Crippen LogP contribution >= 0.6 is 11.3 Å². The Bertz CT molecular complexity index is 514. The predicted octanol–water partition coefficient (Wildman–Crippen LogP) is 2.38. The molecule has 2 fully saturated rings. The minimum absolute atomic E-state index is 0.0213. The van der Waals surface area contributed by atoms with Crippen molar-refractivity contribution in [2.45, 2.75) is 38.1 Å². The van der Waals surface area contributed by atoms with Crippen LogP contribution in [0, 0.1) is 17.8 Å². The molecule has 0 spiro atoms. The zero-order valence-corrected chi connectivity index (χ0v) is 13.0. The van der Waals surface area contributed by atoms with Crippen LogP contribution in [0.3, 0.4) is 0 Å². The van der Waals surface area contributed by atoms with E-state index < -0.39 is 0 Å². The molecule has 4 nitrogen and oxygen atoms in total. The van der Waals surface area contributed by atoms with Gasteiger partial charge in [0.2, 0.25) is 5.91 Å². The van der Waals surface area contributed by atoms with E-state index in [1.54, 1.807) is 11.3 Å². The molecule has 0 radical (unpaired) electrons. The number of hydrogen-bond acceptors (Lipinski definition) is 4. The summed E-state index contributed by atoms with van der Waals surface area (Å²) in [6.07, 6.45) is 4.52. The van der Waals surface area contributed by atoms with Crippen molar-refractivity contribution < 1.29 is 14.3 Å². The smallest absolute Gasteiger partial charge is 0.311 e. The van der Waals surface area contributed by atoms with Crippen LogP contribution in [0.5, 0.6) is 0 Å². The second-order valence-corrected chi connectivity index (χ2v) is 7.09. The third-order valence-corrected chi connectivity index (χ3v) is 5.83. The van der Waals surface area contributed by atoms with Gasteiger partial charge < -0.3 is 10.1 Å². The summed E-state index contributed by atoms with van der Waals surface area (Å²) >= 11 is 1.67. The van der Waals surface area contributed by atoms with E-state index in [2.05, 4.69) is 5.32 Å². The van der Waals surface area contributed by atoms with E-state index >= 15 is 0 Å². The molecule has 1 N–H and O–H groups in total. The SMILES string of the molecule is COC(=O)[C@@H]1[C@H]2CC[C@@H](C2)[C@@H]1NC(=O)CCc1cccs1. The average Bonchev–Trinajstić information content (AvgIpc) is 3.21. The number of amides is 1. The highest BCUT2D eigenvalue weighted by atomic mass is 32.1. The molecule has 1 aromatic heterocycles. The number of methoxy groups -OCH3 is 1. The lowest BCUT2D eigenvalue weighted by molar-refractivity contribution is -0.148. The van der Waals surface area contributed by atoms with Gasteiger partial charge in [-0.3, -0.25) is 9.59 Å². The molecule has 2 aliphatic rings. The molecule has 4 atom stereocenters. The normalized spacial score (nSPS) is 30.3. The fraction of sp³-hybridized carbons (Fsp3) is 0.625. The van der Waals surface area contributed by atoms with Gasteiger partial charge in [0.05, 0.1) is 13.0 Å². The summed E-state index contributed by atoms with van der Waals surface area (Å²) in [6.45, 7) is 0. The Kier molecular flexibility index (Phi) is 4.29. The monoisotopic (exact) mass is 307 g/mol. The molecule has 3 rings (SSSR count). The topological polar surface area (TPSA) is 55.4 Å². The molecule has 1 amide bonds. The Hall–Kier alpha value is -1.36. The molecule has 1 aromatic rings. The quantitative estimate of drug-likeness (QED) is 0.850. The van der Waals surface area contributed by atoms with Gasteiger partial charge in [-0.1, -0.05) is 6.07 Å². The number of esters is 1. The number of nitrogens with one attached hydrogen (secondary N) is 1. The standard InChI is InChI=1S/C16H21NO3S/c1-20-16(19)14-10-4-5-11(9-10)15(14)17-13(18)7-6-12-3-2-8-21-12/h2-3,8,10-11,14-15H,4-7,9H2,1H3,(H,17,18)/t10-,11-,14+,15-/m0/s1. The Balaban J connectivity index is 1.57. The van der Waals surface area contributed by atoms with Gasteiger partial charge in [0.15, 0.2) is 0 Å². The molecule has 114 valence electrons. The Labute approximate surface area is 128 Å². The number of hydrogen-bond donors (Lipinski definition) is 1. The van der Waals surface area contributed by atoms with Crippen molar-refractivity contribution in [2.75, 3.05) is 7.11 Å². The molecule has 21 heavy (non-hydrogen) atoms. The lowest BCUT2D eigenvalue weighted by Gasteiger charge is -2.29. The van der Waals surface area contributed by atoms with Gasteiger partial charge in [-0.05, 0) is 49.0 Å². The maximum Gasteiger partial charge on any atom is 0.311 e. The largest absolute Gasteiger partial charge is 0.469 e. The van der Waals surface area contributed by atoms with E-state index in [0.29, 0.717) is 18.3 Å². The van der Waals surface area contributed by atoms with E-state index in [-0.39, 0.29) is 23.8 Å². The van der Waals surface area contributed by atoms with Crippen molar-refractivity contribution >= 4 is 23.2 Å². The molecule has 0 saturated heterocycles. The van der Waals surface area contributed by atoms with Crippen molar-refractivity contribution in [1.82, 2.24) is 5.32 Å². The highest BCUT2D eigenvalue weighted by Gasteiger charge is 2.51. The second kappa shape index (κ2) is 6.18. The van der Waals surface area contributed by atoms with Gasteiger partial charge in [-0.15, -0.1) is 11.3 Å². The van der Waals surface area contributed by atoms with Crippen LogP contribution in [0.25, 0.3) is 0 Å². The Morgan fingerprint density at radius 2 is 2.19 bits per heavy atom. The van der Waals surface area contributed by atoms with Crippen LogP contribution in [0.15, 0.2) is 17.5 Å². The molecule has 5 heteroatoms. The van der Waals surface area contributed by atoms with Gasteiger partial charge in [0.25, 0.3) is 0 Å². The third kappa shape index (κ3) is 2.98. The second-order valence-electron chi connectivity index (χ2n) is 6.05. The molecule has 1 heterocycles. The highest BCUT2D eigenvalue weighted by Crippen LogP contribution is 2.48. The molecule has 0 aliphatic heterocycles. The Morgan fingerprint density at radius 3 is 2.90 bits per heavy atom. The van der Waals surface area contributed by atoms with Crippen molar-refractivity contribution in [1.29, 1.82) is 0 Å². The van der Waals surface area contributed by atoms with E-state index in [4.69, 9.17) is 4.74 Å². The molecular formula is C16H21NO3S. The summed E-state index contributed by atoms with van der Waals surface area (Å²) in [5.41, 5.74) is 0. The Morgan fingerprint density at radius 1 is 1.38 bits per heavy atom. The fourth-order valence-corrected chi connectivity index (χ4v) is 4.63. The summed E-state index contributed by atoms with van der Waals surface area (Å²) in [4.78, 5) is 25.4. The minimum Gasteiger partial charge on any atom is -0.469 e. The third-order valence-electron chi connectivity index (χ3n) is 4.90. The van der Waals surface area contributed by atoms with Crippen molar-refractivity contribution in [3.63, 3.8) is 0 Å². The molecule has 2 bridgehead atoms. The van der Waals surface area contributed by atoms with Gasteiger partial charge in [-0.2, -0.15) is 0 Å². The van der Waals surface area contributed by atoms with Gasteiger partial charge in [0, 0.05) is 17.3 Å². The number of carbonyl (C=O) groups excluding carboxylic acids is 2. The predicted molar refractivity (Wildman–Crippen MR) is 80.9 cm³/mol. The highest BCUT2D eigenvalue weighted by molar-refractivity contribution is 7.09. The first-order chi connectivity index (χ1) is 10.2. The summed E-state index contributed by atoms with van der Waals surface area (Å²) in [7, 11) is 1.43. The number of aryl methyl sites for hydroxylation is 1. The fourth-order valence-electron chi connectivity index (χ4n) is 3.92. The van der Waals surface area contributed by atoms with Crippen LogP contribution in [0.1, 0.15) is 30.6 Å². The summed E-state index contributed by atoms with van der Waals surface area (Å²) in [5.74, 6) is 0.592. The number of fused-ring (bicyclic) bond motifs is 2. The van der Waals surface area contributed by atoms with E-state index in [0.717, 1.165) is 25.7 Å². The molecule has 0 aromatic carbocycles. The average molecular weight is 307 g/mol. The lowest BCUT2D eigenvalue weighted by atomic mass is 9.84. The lowest BCUT2D eigenvalue weighted by Crippen LogP contribution is -2.47. The molecule has 2 saturated carbocycles.